The molecule has 0 spiro atoms. The molecule has 1 nitrogen and oxygen atoms in total. The van der Waals surface area contributed by atoms with Gasteiger partial charge < -0.3 is 0 Å². The van der Waals surface area contributed by atoms with Crippen molar-refractivity contribution >= 4 is 29.3 Å². The summed E-state index contributed by atoms with van der Waals surface area (Å²) in [5.41, 5.74) is 1.95. The van der Waals surface area contributed by atoms with Gasteiger partial charge in [0.2, 0.25) is 0 Å². The Morgan fingerprint density at radius 2 is 1.85 bits per heavy atom. The van der Waals surface area contributed by atoms with Crippen LogP contribution in [0.15, 0.2) is 13.2 Å². The molecule has 0 N–H and O–H groups in total. The van der Waals surface area contributed by atoms with E-state index in [4.69, 9.17) is 0 Å². The second-order valence-electron chi connectivity index (χ2n) is 2.78. The molecule has 0 unspecified atom stereocenters. The van der Waals surface area contributed by atoms with E-state index in [0.717, 1.165) is 20.9 Å². The minimum Gasteiger partial charge on any atom is -0.294 e. The van der Waals surface area contributed by atoms with Gasteiger partial charge in [0, 0.05) is 10.4 Å². The van der Waals surface area contributed by atoms with Gasteiger partial charge in [0.15, 0.2) is 5.78 Å². The summed E-state index contributed by atoms with van der Waals surface area (Å²) in [7, 11) is 0. The zero-order valence-corrected chi connectivity index (χ0v) is 8.70. The number of ketones is 1. The van der Waals surface area contributed by atoms with E-state index in [1.54, 1.807) is 19.1 Å². The zero-order chi connectivity index (χ0) is 10.0. The molecule has 0 radical (unpaired) electrons. The largest absolute Gasteiger partial charge is 0.294 e. The maximum absolute atomic E-state index is 11.2. The van der Waals surface area contributed by atoms with E-state index >= 15 is 0 Å². The first-order valence-corrected chi connectivity index (χ1v) is 4.82. The van der Waals surface area contributed by atoms with Gasteiger partial charge in [-0.1, -0.05) is 25.3 Å². The third-order valence-electron chi connectivity index (χ3n) is 1.90. The number of aryl methyl sites for hydroxylation is 1. The highest BCUT2D eigenvalue weighted by molar-refractivity contribution is 7.14. The molecule has 0 aliphatic heterocycles. The van der Waals surface area contributed by atoms with E-state index in [2.05, 4.69) is 13.2 Å². The molecule has 1 aromatic heterocycles. The highest BCUT2D eigenvalue weighted by Gasteiger charge is 2.13. The first kappa shape index (κ1) is 9.93. The number of Topliss-reactive ketones (excluding diaryl/α,β-unsaturated/α-hetero) is 1. The third-order valence-corrected chi connectivity index (χ3v) is 3.13. The van der Waals surface area contributed by atoms with E-state index in [9.17, 15) is 4.79 Å². The van der Waals surface area contributed by atoms with Crippen molar-refractivity contribution in [3.63, 3.8) is 0 Å². The maximum Gasteiger partial charge on any atom is 0.170 e. The van der Waals surface area contributed by atoms with E-state index in [0.29, 0.717) is 0 Å². The van der Waals surface area contributed by atoms with E-state index in [-0.39, 0.29) is 5.78 Å². The summed E-state index contributed by atoms with van der Waals surface area (Å²) >= 11 is 1.51. The SMILES string of the molecule is C=Cc1c(C)sc(C(C)=O)c1C=C. The molecule has 1 aromatic rings. The zero-order valence-electron chi connectivity index (χ0n) is 7.89. The van der Waals surface area contributed by atoms with Gasteiger partial charge in [-0.05, 0) is 19.4 Å². The standard InChI is InChI=1S/C11H12OS/c1-5-9-8(4)13-11(7(3)12)10(9)6-2/h5-6H,1-2H2,3-4H3. The average Bonchev–Trinajstić information content (AvgIpc) is 2.41. The van der Waals surface area contributed by atoms with Crippen LogP contribution in [0.1, 0.15) is 32.6 Å². The van der Waals surface area contributed by atoms with Crippen LogP contribution in [0.25, 0.3) is 12.2 Å². The van der Waals surface area contributed by atoms with Crippen LogP contribution in [-0.2, 0) is 0 Å². The fourth-order valence-corrected chi connectivity index (χ4v) is 2.35. The van der Waals surface area contributed by atoms with Gasteiger partial charge in [0.25, 0.3) is 0 Å². The van der Waals surface area contributed by atoms with Gasteiger partial charge in [0.05, 0.1) is 4.88 Å². The highest BCUT2D eigenvalue weighted by atomic mass is 32.1. The molecule has 0 aromatic carbocycles. The highest BCUT2D eigenvalue weighted by Crippen LogP contribution is 2.30. The minimum atomic E-state index is 0.0936. The molecule has 2 heteroatoms. The van der Waals surface area contributed by atoms with Crippen molar-refractivity contribution in [2.45, 2.75) is 13.8 Å². The monoisotopic (exact) mass is 192 g/mol. The summed E-state index contributed by atoms with van der Waals surface area (Å²) in [6, 6.07) is 0. The van der Waals surface area contributed by atoms with Crippen LogP contribution in [0.4, 0.5) is 0 Å². The lowest BCUT2D eigenvalue weighted by Crippen LogP contribution is -1.90. The summed E-state index contributed by atoms with van der Waals surface area (Å²) in [5, 5.41) is 0. The summed E-state index contributed by atoms with van der Waals surface area (Å²) in [6.07, 6.45) is 3.49. The third kappa shape index (κ3) is 1.63. The second kappa shape index (κ2) is 3.71. The van der Waals surface area contributed by atoms with Crippen molar-refractivity contribution in [1.29, 1.82) is 0 Å². The molecule has 0 bridgehead atoms. The Hall–Kier alpha value is -1.15. The molecule has 0 saturated heterocycles. The number of hydrogen-bond donors (Lipinski definition) is 0. The quantitative estimate of drug-likeness (QED) is 0.669. The van der Waals surface area contributed by atoms with Crippen LogP contribution >= 0.6 is 11.3 Å². The van der Waals surface area contributed by atoms with Gasteiger partial charge in [0.1, 0.15) is 0 Å². The predicted molar refractivity (Wildman–Crippen MR) is 59.2 cm³/mol. The number of hydrogen-bond acceptors (Lipinski definition) is 2. The van der Waals surface area contributed by atoms with Gasteiger partial charge in [-0.25, -0.2) is 0 Å². The van der Waals surface area contributed by atoms with Gasteiger partial charge in [-0.15, -0.1) is 11.3 Å². The van der Waals surface area contributed by atoms with Crippen LogP contribution in [-0.4, -0.2) is 5.78 Å². The van der Waals surface area contributed by atoms with Crippen LogP contribution in [0, 0.1) is 6.92 Å². The minimum absolute atomic E-state index is 0.0936. The Morgan fingerprint density at radius 1 is 1.31 bits per heavy atom. The number of rotatable bonds is 3. The van der Waals surface area contributed by atoms with E-state index in [1.165, 1.54) is 11.3 Å². The maximum atomic E-state index is 11.2. The van der Waals surface area contributed by atoms with Crippen LogP contribution in [0.5, 0.6) is 0 Å². The lowest BCUT2D eigenvalue weighted by atomic mass is 10.1. The Bertz CT molecular complexity index is 372. The normalized spacial score (nSPS) is 9.69. The topological polar surface area (TPSA) is 17.1 Å². The Kier molecular flexibility index (Phi) is 2.83. The van der Waals surface area contributed by atoms with Crippen molar-refractivity contribution in [2.24, 2.45) is 0 Å². The van der Waals surface area contributed by atoms with E-state index in [1.807, 2.05) is 6.92 Å². The van der Waals surface area contributed by atoms with Crippen molar-refractivity contribution in [3.8, 4) is 0 Å². The molecular weight excluding hydrogens is 180 g/mol. The lowest BCUT2D eigenvalue weighted by Gasteiger charge is -1.94. The fourth-order valence-electron chi connectivity index (χ4n) is 1.29. The summed E-state index contributed by atoms with van der Waals surface area (Å²) in [6.45, 7) is 11.0. The summed E-state index contributed by atoms with van der Waals surface area (Å²) in [4.78, 5) is 13.1. The van der Waals surface area contributed by atoms with Gasteiger partial charge in [-0.3, -0.25) is 4.79 Å². The van der Waals surface area contributed by atoms with Crippen molar-refractivity contribution in [3.05, 3.63) is 34.0 Å². The Labute approximate surface area is 82.4 Å². The summed E-state index contributed by atoms with van der Waals surface area (Å²) < 4.78 is 0. The number of carbonyl (C=O) groups is 1. The molecule has 1 heterocycles. The smallest absolute Gasteiger partial charge is 0.170 e. The Balaban J connectivity index is 3.46. The molecule has 13 heavy (non-hydrogen) atoms. The molecule has 0 fully saturated rings. The molecule has 0 saturated carbocycles. The average molecular weight is 192 g/mol. The van der Waals surface area contributed by atoms with Crippen LogP contribution in [0.3, 0.4) is 0 Å². The van der Waals surface area contributed by atoms with Gasteiger partial charge in [-0.2, -0.15) is 0 Å². The second-order valence-corrected chi connectivity index (χ2v) is 4.00. The molecule has 0 amide bonds. The Morgan fingerprint density at radius 3 is 2.23 bits per heavy atom. The molecule has 0 atom stereocenters. The fraction of sp³-hybridized carbons (Fsp3) is 0.182. The first-order valence-electron chi connectivity index (χ1n) is 4.01. The molecular formula is C11H12OS. The van der Waals surface area contributed by atoms with Crippen molar-refractivity contribution in [1.82, 2.24) is 0 Å². The predicted octanol–water partition coefficient (Wildman–Crippen LogP) is 3.55. The van der Waals surface area contributed by atoms with Gasteiger partial charge >= 0.3 is 0 Å². The summed E-state index contributed by atoms with van der Waals surface area (Å²) in [5.74, 6) is 0.0936. The van der Waals surface area contributed by atoms with Crippen LogP contribution < -0.4 is 0 Å². The number of thiophene rings is 1. The van der Waals surface area contributed by atoms with Crippen molar-refractivity contribution < 1.29 is 4.79 Å². The molecule has 1 rings (SSSR count). The molecule has 0 aliphatic carbocycles. The lowest BCUT2D eigenvalue weighted by molar-refractivity contribution is 0.102. The number of carbonyl (C=O) groups excluding carboxylic acids is 1. The molecule has 68 valence electrons. The van der Waals surface area contributed by atoms with Crippen molar-refractivity contribution in [2.75, 3.05) is 0 Å². The van der Waals surface area contributed by atoms with Crippen LogP contribution in [0.2, 0.25) is 0 Å². The molecule has 0 aliphatic rings. The first-order chi connectivity index (χ1) is 6.11. The van der Waals surface area contributed by atoms with E-state index < -0.39 is 0 Å².